The zero-order chi connectivity index (χ0) is 21.4. The molecule has 5 rings (SSSR count). The molecular formula is C26H30ClNO4. The van der Waals surface area contributed by atoms with Crippen molar-refractivity contribution in [3.8, 4) is 34.3 Å². The molecule has 3 heterocycles. The zero-order valence-corrected chi connectivity index (χ0v) is 19.8. The van der Waals surface area contributed by atoms with Crippen molar-refractivity contribution >= 4 is 10.8 Å². The molecule has 1 aromatic heterocycles. The summed E-state index contributed by atoms with van der Waals surface area (Å²) < 4.78 is 25.1. The molecule has 0 N–H and O–H groups in total. The summed E-state index contributed by atoms with van der Waals surface area (Å²) in [7, 11) is 3.41. The Kier molecular flexibility index (Phi) is 6.66. The lowest BCUT2D eigenvalue weighted by Crippen LogP contribution is -3.00. The first kappa shape index (κ1) is 22.5. The van der Waals surface area contributed by atoms with Gasteiger partial charge in [-0.2, -0.15) is 4.57 Å². The summed E-state index contributed by atoms with van der Waals surface area (Å²) in [4.78, 5) is 0. The molecule has 0 radical (unpaired) electrons. The molecular weight excluding hydrogens is 426 g/mol. The van der Waals surface area contributed by atoms with Crippen LogP contribution in [0.15, 0.2) is 30.5 Å². The molecule has 0 aliphatic carbocycles. The van der Waals surface area contributed by atoms with Crippen LogP contribution < -0.4 is 35.9 Å². The van der Waals surface area contributed by atoms with Crippen molar-refractivity contribution in [1.29, 1.82) is 0 Å². The third-order valence-electron chi connectivity index (χ3n) is 6.52. The fourth-order valence-electron chi connectivity index (χ4n) is 4.99. The van der Waals surface area contributed by atoms with E-state index in [0.29, 0.717) is 6.79 Å². The largest absolute Gasteiger partial charge is 1.00 e. The lowest BCUT2D eigenvalue weighted by Gasteiger charge is -2.21. The van der Waals surface area contributed by atoms with Crippen LogP contribution in [0.2, 0.25) is 0 Å². The van der Waals surface area contributed by atoms with E-state index < -0.39 is 0 Å². The Morgan fingerprint density at radius 3 is 2.53 bits per heavy atom. The number of aromatic nitrogens is 1. The Hall–Kier alpha value is -2.66. The molecule has 2 aliphatic heterocycles. The number of fused-ring (bicyclic) bond motifs is 5. The van der Waals surface area contributed by atoms with Gasteiger partial charge in [0.05, 0.1) is 25.2 Å². The molecule has 3 aromatic rings. The van der Waals surface area contributed by atoms with E-state index in [2.05, 4.69) is 35.9 Å². The minimum atomic E-state index is 0. The first-order valence-corrected chi connectivity index (χ1v) is 11.3. The van der Waals surface area contributed by atoms with Crippen molar-refractivity contribution in [3.05, 3.63) is 41.6 Å². The third-order valence-corrected chi connectivity index (χ3v) is 6.52. The fraction of sp³-hybridized carbons (Fsp3) is 0.423. The zero-order valence-electron chi connectivity index (χ0n) is 19.0. The summed E-state index contributed by atoms with van der Waals surface area (Å²) >= 11 is 0. The predicted octanol–water partition coefficient (Wildman–Crippen LogP) is 2.22. The molecule has 6 heteroatoms. The number of rotatable bonds is 7. The lowest BCUT2D eigenvalue weighted by atomic mass is 9.89. The van der Waals surface area contributed by atoms with Crippen molar-refractivity contribution in [2.45, 2.75) is 52.0 Å². The van der Waals surface area contributed by atoms with Gasteiger partial charge in [-0.1, -0.05) is 26.2 Å². The Morgan fingerprint density at radius 1 is 0.969 bits per heavy atom. The molecule has 0 fully saturated rings. The Labute approximate surface area is 195 Å². The molecule has 0 saturated heterocycles. The van der Waals surface area contributed by atoms with Crippen LogP contribution in [-0.2, 0) is 19.4 Å². The van der Waals surface area contributed by atoms with Crippen LogP contribution in [0.5, 0.6) is 23.0 Å². The standard InChI is InChI=1S/C26H30NO4.ClH/c1-4-5-6-7-8-19-18-9-10-22(28-2)26(29-3)21(18)15-27-12-11-17-13-23-24(31-16-30-23)14-20(17)25(19)27;/h9-10,13-15H,4-8,11-12,16H2,1-3H3;1H/q+1;/p-1. The second-order valence-electron chi connectivity index (χ2n) is 8.34. The highest BCUT2D eigenvalue weighted by molar-refractivity contribution is 5.95. The second kappa shape index (κ2) is 9.45. The first-order chi connectivity index (χ1) is 15.2. The molecule has 0 bridgehead atoms. The smallest absolute Gasteiger partial charge is 0.231 e. The molecule has 0 amide bonds. The quantitative estimate of drug-likeness (QED) is 0.404. The van der Waals surface area contributed by atoms with Gasteiger partial charge in [0.15, 0.2) is 35.7 Å². The number of methoxy groups -OCH3 is 2. The molecule has 2 aromatic carbocycles. The van der Waals surface area contributed by atoms with Gasteiger partial charge >= 0.3 is 0 Å². The number of ether oxygens (including phenoxy) is 4. The van der Waals surface area contributed by atoms with Crippen LogP contribution in [-0.4, -0.2) is 21.0 Å². The number of pyridine rings is 1. The van der Waals surface area contributed by atoms with Crippen LogP contribution >= 0.6 is 0 Å². The number of halogens is 1. The van der Waals surface area contributed by atoms with Crippen LogP contribution in [0, 0.1) is 0 Å². The fourth-order valence-corrected chi connectivity index (χ4v) is 4.99. The van der Waals surface area contributed by atoms with Crippen LogP contribution in [0.25, 0.3) is 22.0 Å². The van der Waals surface area contributed by atoms with Crippen molar-refractivity contribution in [3.63, 3.8) is 0 Å². The summed E-state index contributed by atoms with van der Waals surface area (Å²) in [6.07, 6.45) is 9.16. The molecule has 2 aliphatic rings. The van der Waals surface area contributed by atoms with Gasteiger partial charge in [0.25, 0.3) is 0 Å². The highest BCUT2D eigenvalue weighted by Crippen LogP contribution is 2.43. The van der Waals surface area contributed by atoms with Gasteiger partial charge in [0.1, 0.15) is 0 Å². The molecule has 0 atom stereocenters. The monoisotopic (exact) mass is 455 g/mol. The van der Waals surface area contributed by atoms with E-state index in [-0.39, 0.29) is 12.4 Å². The van der Waals surface area contributed by atoms with Crippen LogP contribution in [0.1, 0.15) is 43.7 Å². The SMILES string of the molecule is CCCCCCc1c2[n+](cc3c(OC)c(OC)ccc13)CCc1cc3c(cc1-2)OCO3.[Cl-]. The molecule has 170 valence electrons. The maximum atomic E-state index is 5.79. The van der Waals surface area contributed by atoms with E-state index in [9.17, 15) is 0 Å². The van der Waals surface area contributed by atoms with Gasteiger partial charge < -0.3 is 31.4 Å². The Morgan fingerprint density at radius 2 is 1.78 bits per heavy atom. The van der Waals surface area contributed by atoms with E-state index in [1.807, 2.05) is 6.07 Å². The Bertz CT molecular complexity index is 1140. The molecule has 0 saturated carbocycles. The van der Waals surface area contributed by atoms with Crippen LogP contribution in [0.3, 0.4) is 0 Å². The van der Waals surface area contributed by atoms with Crippen molar-refractivity contribution in [2.24, 2.45) is 0 Å². The summed E-state index contributed by atoms with van der Waals surface area (Å²) in [5.41, 5.74) is 5.28. The molecule has 0 unspecified atom stereocenters. The van der Waals surface area contributed by atoms with Crippen molar-refractivity contribution in [1.82, 2.24) is 0 Å². The highest BCUT2D eigenvalue weighted by atomic mass is 35.5. The maximum absolute atomic E-state index is 5.79. The van der Waals surface area contributed by atoms with E-state index >= 15 is 0 Å². The van der Waals surface area contributed by atoms with Gasteiger partial charge in [-0.05, 0) is 42.7 Å². The number of benzene rings is 2. The third kappa shape index (κ3) is 3.73. The Balaban J connectivity index is 0.00000245. The molecule has 32 heavy (non-hydrogen) atoms. The maximum Gasteiger partial charge on any atom is 0.231 e. The highest BCUT2D eigenvalue weighted by Gasteiger charge is 2.32. The minimum absolute atomic E-state index is 0. The van der Waals surface area contributed by atoms with Gasteiger partial charge in [0, 0.05) is 17.4 Å². The van der Waals surface area contributed by atoms with E-state index in [1.165, 1.54) is 53.5 Å². The number of aryl methyl sites for hydroxylation is 3. The minimum Gasteiger partial charge on any atom is -1.00 e. The number of unbranched alkanes of at least 4 members (excludes halogenated alkanes) is 3. The predicted molar refractivity (Wildman–Crippen MR) is 120 cm³/mol. The summed E-state index contributed by atoms with van der Waals surface area (Å²) in [5.74, 6) is 3.29. The average molecular weight is 456 g/mol. The van der Waals surface area contributed by atoms with Crippen LogP contribution in [0.4, 0.5) is 0 Å². The average Bonchev–Trinajstić information content (AvgIpc) is 3.26. The topological polar surface area (TPSA) is 40.8 Å². The van der Waals surface area contributed by atoms with Crippen molar-refractivity contribution in [2.75, 3.05) is 21.0 Å². The van der Waals surface area contributed by atoms with E-state index in [4.69, 9.17) is 18.9 Å². The van der Waals surface area contributed by atoms with Gasteiger partial charge in [-0.25, -0.2) is 0 Å². The van der Waals surface area contributed by atoms with Crippen molar-refractivity contribution < 1.29 is 35.9 Å². The molecule has 0 spiro atoms. The normalized spacial score (nSPS) is 13.3. The second-order valence-corrected chi connectivity index (χ2v) is 8.34. The number of hydrogen-bond donors (Lipinski definition) is 0. The molecule has 5 nitrogen and oxygen atoms in total. The summed E-state index contributed by atoms with van der Waals surface area (Å²) in [6, 6.07) is 8.55. The summed E-state index contributed by atoms with van der Waals surface area (Å²) in [6.45, 7) is 3.49. The number of nitrogens with zero attached hydrogens (tertiary/aromatic N) is 1. The van der Waals surface area contributed by atoms with Gasteiger partial charge in [-0.15, -0.1) is 0 Å². The van der Waals surface area contributed by atoms with Gasteiger partial charge in [-0.3, -0.25) is 0 Å². The van der Waals surface area contributed by atoms with E-state index in [0.717, 1.165) is 47.8 Å². The lowest BCUT2D eigenvalue weighted by molar-refractivity contribution is -0.686. The van der Waals surface area contributed by atoms with Gasteiger partial charge in [0.2, 0.25) is 12.5 Å². The summed E-state index contributed by atoms with van der Waals surface area (Å²) in [5, 5.41) is 2.35. The van der Waals surface area contributed by atoms with E-state index in [1.54, 1.807) is 14.2 Å². The number of hydrogen-bond acceptors (Lipinski definition) is 4. The first-order valence-electron chi connectivity index (χ1n) is 11.3.